The van der Waals surface area contributed by atoms with Crippen LogP contribution in [0.1, 0.15) is 65.5 Å². The van der Waals surface area contributed by atoms with Gasteiger partial charge in [-0.15, -0.1) is 43.8 Å². The van der Waals surface area contributed by atoms with Crippen molar-refractivity contribution in [1.82, 2.24) is 14.7 Å². The molecule has 3 aliphatic carbocycles. The van der Waals surface area contributed by atoms with Crippen LogP contribution in [0.2, 0.25) is 0 Å². The Balaban J connectivity index is 0.00000207. The zero-order valence-electron chi connectivity index (χ0n) is 48.7. The Morgan fingerprint density at radius 1 is 0.693 bits per heavy atom. The first kappa shape index (κ1) is 81.7. The molecule has 0 aromatic heterocycles. The Hall–Kier alpha value is 1.25. The fourth-order valence-electron chi connectivity index (χ4n) is 12.5. The van der Waals surface area contributed by atoms with Crippen molar-refractivity contribution in [3.63, 3.8) is 0 Å². The molecule has 2 atom stereocenters. The van der Waals surface area contributed by atoms with Crippen LogP contribution in [0.5, 0.6) is 5.75 Å². The van der Waals surface area contributed by atoms with Gasteiger partial charge in [0.1, 0.15) is 15.0 Å². The fraction of sp³-hybridized carbons (Fsp3) is 0.354. The van der Waals surface area contributed by atoms with Gasteiger partial charge in [-0.2, -0.15) is 129 Å². The van der Waals surface area contributed by atoms with Gasteiger partial charge in [-0.1, -0.05) is 64.3 Å². The molecule has 0 saturated carbocycles. The number of methoxy groups -OCH3 is 1. The van der Waals surface area contributed by atoms with Crippen molar-refractivity contribution < 1.29 is 191 Å². The standard InChI is InChI=1S/C65H65N4O4S7.8W/c1-73-46-26-27-53(60(41-46)80(70,71)72)61-54(42-56-47-16-4-6-20-51(47)62(52-21-7-5-17-48(52)56)77-63(74)68-34-30-66(31-35-68)28-12-14-38-75-2)44-24-25-45(40-44)55(61)43-57-49-18-8-10-22-58(49)65(59-23-11-9-19-50(57)59)78-64(79-65)69-36-32-67(33-37-69)29-13-15-39-76-3;;;;;;;;/h4-5,8-9,16-27,41-45H,12-15,28-40H2,1-3H3,(H,70,71,72);;;;;;;;/q-3;;;;;;;;/t44-,45+;;;;;;;;/m0......../s1. The second-order valence-corrected chi connectivity index (χ2v) is 29.2. The zero-order chi connectivity index (χ0) is 55.0. The van der Waals surface area contributed by atoms with Gasteiger partial charge in [0.05, 0.1) is 20.2 Å². The summed E-state index contributed by atoms with van der Waals surface area (Å²) < 4.78 is 48.9. The predicted octanol–water partition coefficient (Wildman–Crippen LogP) is 13.6. The van der Waals surface area contributed by atoms with E-state index in [2.05, 4.69) is 129 Å². The molecule has 6 aromatic carbocycles. The molecule has 0 amide bonds. The molecule has 0 unspecified atom stereocenters. The molecule has 0 radical (unpaired) electrons. The van der Waals surface area contributed by atoms with Gasteiger partial charge in [-0.3, -0.25) is 14.4 Å². The minimum Gasteiger partial charge on any atom is -0.497 e. The van der Waals surface area contributed by atoms with Crippen LogP contribution >= 0.6 is 71.0 Å². The van der Waals surface area contributed by atoms with E-state index in [1.54, 1.807) is 17.8 Å². The van der Waals surface area contributed by atoms with Crippen molar-refractivity contribution in [3.8, 4) is 5.75 Å². The molecule has 88 heavy (non-hydrogen) atoms. The molecule has 3 aliphatic heterocycles. The summed E-state index contributed by atoms with van der Waals surface area (Å²) in [5.41, 5.74) is 9.90. The van der Waals surface area contributed by atoms with Crippen LogP contribution in [0.15, 0.2) is 130 Å². The normalized spacial score (nSPS) is 19.7. The Morgan fingerprint density at radius 3 is 1.77 bits per heavy atom. The number of hydrogen-bond acceptors (Lipinski definition) is 11. The summed E-state index contributed by atoms with van der Waals surface area (Å²) in [6.45, 7) is 10.3. The summed E-state index contributed by atoms with van der Waals surface area (Å²) in [6, 6.07) is 44.0. The topological polar surface area (TPSA) is 76.3 Å². The van der Waals surface area contributed by atoms with E-state index in [4.69, 9.17) is 17.0 Å². The van der Waals surface area contributed by atoms with E-state index in [0.29, 0.717) is 11.3 Å². The van der Waals surface area contributed by atoms with Crippen molar-refractivity contribution in [3.05, 3.63) is 178 Å². The van der Waals surface area contributed by atoms with Gasteiger partial charge >= 0.3 is 0 Å². The third-order valence-electron chi connectivity index (χ3n) is 16.7. The Bertz CT molecular complexity index is 3570. The number of rotatable bonds is 16. The third kappa shape index (κ3) is 17.4. The molecule has 6 aromatic rings. The number of thioether (sulfide) groups is 5. The van der Waals surface area contributed by atoms with E-state index >= 15 is 0 Å². The van der Waals surface area contributed by atoms with Crippen LogP contribution < -0.4 is 4.74 Å². The van der Waals surface area contributed by atoms with Gasteiger partial charge in [0, 0.05) is 222 Å². The number of unbranched alkanes of at least 4 members (excludes halogenated alkanes) is 2. The van der Waals surface area contributed by atoms with Crippen LogP contribution in [0.4, 0.5) is 0 Å². The van der Waals surface area contributed by atoms with E-state index < -0.39 is 10.1 Å². The number of thiocarbonyl (C=S) groups is 1. The van der Waals surface area contributed by atoms with Crippen LogP contribution in [0.25, 0.3) is 38.8 Å². The second-order valence-electron chi connectivity index (χ2n) is 21.3. The summed E-state index contributed by atoms with van der Waals surface area (Å²) >= 11 is 15.7. The molecular formula is C65H65N4O4S7W8-3. The second kappa shape index (κ2) is 37.3. The number of allylic oxidation sites excluding steroid dienone is 6. The first-order valence-electron chi connectivity index (χ1n) is 27.8. The first-order valence-corrected chi connectivity index (χ1v) is 34.8. The minimum atomic E-state index is -4.76. The molecule has 23 heteroatoms. The van der Waals surface area contributed by atoms with Crippen LogP contribution in [-0.2, 0) is 183 Å². The quantitative estimate of drug-likeness (QED) is 0.0146. The Kier molecular flexibility index (Phi) is 34.6. The monoisotopic (exact) mass is 2660 g/mol. The minimum absolute atomic E-state index is 0. The SMILES string of the molecule is COc1ccc(C2=C(C=C3c4cc[c-]cc4C4(SC(=[N+]5CCN(CCCCSC)CC5)S4)c4c[c-]ccc43)[C@@H]3C=C[C@@H](C3)C2=Cc2c3cc[c-]cc3c(SC(=S)N3CCN(CCCCSC)CC3)c3c[c-]ccc23)c(S(=O)(=O)O)c1.[W].[W].[W].[W].[W].[W].[W].[W]. The van der Waals surface area contributed by atoms with E-state index in [0.717, 1.165) is 135 Å². The summed E-state index contributed by atoms with van der Waals surface area (Å²) in [4.78, 5) is 8.45. The Morgan fingerprint density at radius 2 is 1.23 bits per heavy atom. The molecule has 6 aliphatic rings. The van der Waals surface area contributed by atoms with Crippen molar-refractivity contribution in [2.45, 2.75) is 46.0 Å². The average molecular weight is 2660 g/mol. The van der Waals surface area contributed by atoms with E-state index in [-0.39, 0.29) is 189 Å². The molecule has 3 heterocycles. The average Bonchev–Trinajstić information content (AvgIpc) is 0.854. The van der Waals surface area contributed by atoms with Gasteiger partial charge < -0.3 is 9.64 Å². The van der Waals surface area contributed by atoms with Gasteiger partial charge in [0.2, 0.25) is 0 Å². The largest absolute Gasteiger partial charge is 0.497 e. The van der Waals surface area contributed by atoms with Crippen LogP contribution in [0.3, 0.4) is 0 Å². The zero-order valence-corrected chi connectivity index (χ0v) is 77.9. The van der Waals surface area contributed by atoms with E-state index in [1.807, 2.05) is 77.4 Å². The third-order valence-corrected chi connectivity index (χ3v) is 23.9. The van der Waals surface area contributed by atoms with E-state index in [1.165, 1.54) is 72.4 Å². The summed E-state index contributed by atoms with van der Waals surface area (Å²) in [5.74, 6) is 2.68. The summed E-state index contributed by atoms with van der Waals surface area (Å²) in [5, 5.41) is 4.18. The van der Waals surface area contributed by atoms with Crippen LogP contribution in [-0.4, -0.2) is 138 Å². The summed E-state index contributed by atoms with van der Waals surface area (Å²) in [6.07, 6.45) is 19.4. The molecule has 462 valence electrons. The van der Waals surface area contributed by atoms with Gasteiger partial charge in [-0.25, -0.2) is 4.58 Å². The number of piperazine rings is 2. The number of benzene rings is 6. The maximum atomic E-state index is 13.8. The molecule has 1 spiro atoms. The molecule has 8 nitrogen and oxygen atoms in total. The van der Waals surface area contributed by atoms with Crippen molar-refractivity contribution in [1.29, 1.82) is 0 Å². The van der Waals surface area contributed by atoms with E-state index in [9.17, 15) is 13.0 Å². The molecular weight excluding hydrogens is 2600 g/mol. The maximum Gasteiger partial charge on any atom is 0.295 e. The predicted molar refractivity (Wildman–Crippen MR) is 344 cm³/mol. The van der Waals surface area contributed by atoms with Crippen molar-refractivity contribution in [2.75, 3.05) is 96.6 Å². The van der Waals surface area contributed by atoms with Gasteiger partial charge in [-0.05, 0) is 122 Å². The van der Waals surface area contributed by atoms with Gasteiger partial charge in [0.15, 0.2) is 13.1 Å². The smallest absolute Gasteiger partial charge is 0.295 e. The van der Waals surface area contributed by atoms with Crippen molar-refractivity contribution in [2.24, 2.45) is 11.8 Å². The maximum absolute atomic E-state index is 13.8. The fourth-order valence-corrected chi connectivity index (χ4v) is 18.9. The first-order chi connectivity index (χ1) is 39.1. The molecule has 3 saturated heterocycles. The molecule has 12 rings (SSSR count). The van der Waals surface area contributed by atoms with Crippen molar-refractivity contribution >= 4 is 129 Å². The van der Waals surface area contributed by atoms with Gasteiger partial charge in [0.25, 0.3) is 14.5 Å². The van der Waals surface area contributed by atoms with Crippen LogP contribution in [0, 0.1) is 36.1 Å². The molecule has 2 bridgehead atoms. The number of nitrogens with zero attached hydrogens (tertiary/aromatic N) is 4. The number of fused-ring (bicyclic) bond motifs is 8. The Labute approximate surface area is 662 Å². The summed E-state index contributed by atoms with van der Waals surface area (Å²) in [7, 11) is -3.25. The number of ether oxygens (including phenoxy) is 1. The molecule has 1 N–H and O–H groups in total. The molecule has 3 fully saturated rings. The number of hydrogen-bond donors (Lipinski definition) is 1.